The summed E-state index contributed by atoms with van der Waals surface area (Å²) in [5, 5.41) is 3.30. The highest BCUT2D eigenvalue weighted by Crippen LogP contribution is 2.16. The van der Waals surface area contributed by atoms with Crippen molar-refractivity contribution >= 4 is 5.91 Å². The molecule has 0 spiro atoms. The maximum absolute atomic E-state index is 11.9. The zero-order chi connectivity index (χ0) is 12.8. The number of hydrogen-bond donors (Lipinski definition) is 2. The molecule has 1 aromatic carbocycles. The standard InChI is InChI=1S/C14H20N2O2/c1-11-13(8-5-9-15-11)14(17)16-18-10-12-6-3-2-4-7-12/h2-4,6-7,11,13,15H,5,8-10H2,1H3,(H,16,17). The molecule has 4 nitrogen and oxygen atoms in total. The van der Waals surface area contributed by atoms with Crippen LogP contribution in [0.2, 0.25) is 0 Å². The summed E-state index contributed by atoms with van der Waals surface area (Å²) in [4.78, 5) is 17.2. The predicted octanol–water partition coefficient (Wildman–Crippen LogP) is 1.62. The van der Waals surface area contributed by atoms with Crippen LogP contribution in [0.25, 0.3) is 0 Å². The van der Waals surface area contributed by atoms with E-state index in [9.17, 15) is 4.79 Å². The Morgan fingerprint density at radius 3 is 2.94 bits per heavy atom. The van der Waals surface area contributed by atoms with Gasteiger partial charge in [0.25, 0.3) is 0 Å². The van der Waals surface area contributed by atoms with Crippen LogP contribution in [0.4, 0.5) is 0 Å². The minimum absolute atomic E-state index is 0.00882. The molecule has 2 rings (SSSR count). The molecular formula is C14H20N2O2. The lowest BCUT2D eigenvalue weighted by Gasteiger charge is -2.28. The zero-order valence-electron chi connectivity index (χ0n) is 10.7. The van der Waals surface area contributed by atoms with Gasteiger partial charge in [-0.2, -0.15) is 0 Å². The number of benzene rings is 1. The fraction of sp³-hybridized carbons (Fsp3) is 0.500. The normalized spacial score (nSPS) is 23.6. The molecule has 1 saturated heterocycles. The van der Waals surface area contributed by atoms with Gasteiger partial charge >= 0.3 is 0 Å². The Hall–Kier alpha value is -1.39. The first-order valence-corrected chi connectivity index (χ1v) is 6.46. The van der Waals surface area contributed by atoms with E-state index in [0.29, 0.717) is 6.61 Å². The second-order valence-electron chi connectivity index (χ2n) is 4.73. The summed E-state index contributed by atoms with van der Waals surface area (Å²) in [5.74, 6) is -0.0137. The third-order valence-electron chi connectivity index (χ3n) is 3.35. The summed E-state index contributed by atoms with van der Waals surface area (Å²) in [6.07, 6.45) is 1.97. The Morgan fingerprint density at radius 2 is 2.22 bits per heavy atom. The van der Waals surface area contributed by atoms with Crippen molar-refractivity contribution in [2.75, 3.05) is 6.54 Å². The molecule has 18 heavy (non-hydrogen) atoms. The van der Waals surface area contributed by atoms with E-state index in [1.807, 2.05) is 37.3 Å². The minimum Gasteiger partial charge on any atom is -0.313 e. The maximum atomic E-state index is 11.9. The van der Waals surface area contributed by atoms with Gasteiger partial charge in [0.1, 0.15) is 0 Å². The van der Waals surface area contributed by atoms with Crippen molar-refractivity contribution < 1.29 is 9.63 Å². The topological polar surface area (TPSA) is 50.4 Å². The summed E-state index contributed by atoms with van der Waals surface area (Å²) in [6, 6.07) is 10.0. The van der Waals surface area contributed by atoms with Crippen LogP contribution in [0.3, 0.4) is 0 Å². The van der Waals surface area contributed by atoms with E-state index in [0.717, 1.165) is 24.9 Å². The summed E-state index contributed by atoms with van der Waals surface area (Å²) in [6.45, 7) is 3.44. The average Bonchev–Trinajstić information content (AvgIpc) is 2.40. The smallest absolute Gasteiger partial charge is 0.248 e. The molecule has 2 unspecified atom stereocenters. The summed E-state index contributed by atoms with van der Waals surface area (Å²) >= 11 is 0. The van der Waals surface area contributed by atoms with Crippen LogP contribution in [0, 0.1) is 5.92 Å². The van der Waals surface area contributed by atoms with Gasteiger partial charge in [0, 0.05) is 6.04 Å². The van der Waals surface area contributed by atoms with Gasteiger partial charge in [-0.15, -0.1) is 0 Å². The first kappa shape index (κ1) is 13.1. The summed E-state index contributed by atoms with van der Waals surface area (Å²) < 4.78 is 0. The molecule has 0 aromatic heterocycles. The third kappa shape index (κ3) is 3.55. The highest BCUT2D eigenvalue weighted by atomic mass is 16.6. The van der Waals surface area contributed by atoms with Crippen LogP contribution in [0.5, 0.6) is 0 Å². The molecule has 1 aliphatic heterocycles. The van der Waals surface area contributed by atoms with Gasteiger partial charge in [-0.1, -0.05) is 30.3 Å². The Labute approximate surface area is 108 Å². The van der Waals surface area contributed by atoms with Crippen LogP contribution in [-0.2, 0) is 16.2 Å². The van der Waals surface area contributed by atoms with Crippen molar-refractivity contribution in [3.05, 3.63) is 35.9 Å². The first-order valence-electron chi connectivity index (χ1n) is 6.46. The molecule has 2 atom stereocenters. The van der Waals surface area contributed by atoms with Crippen LogP contribution in [0.15, 0.2) is 30.3 Å². The molecular weight excluding hydrogens is 228 g/mol. The lowest BCUT2D eigenvalue weighted by atomic mass is 9.91. The van der Waals surface area contributed by atoms with E-state index in [-0.39, 0.29) is 17.9 Å². The zero-order valence-corrected chi connectivity index (χ0v) is 10.7. The van der Waals surface area contributed by atoms with Crippen molar-refractivity contribution in [1.29, 1.82) is 0 Å². The minimum atomic E-state index is -0.0226. The van der Waals surface area contributed by atoms with E-state index < -0.39 is 0 Å². The fourth-order valence-corrected chi connectivity index (χ4v) is 2.24. The molecule has 1 heterocycles. The molecule has 98 valence electrons. The van der Waals surface area contributed by atoms with Crippen LogP contribution < -0.4 is 10.8 Å². The van der Waals surface area contributed by atoms with E-state index >= 15 is 0 Å². The quantitative estimate of drug-likeness (QED) is 0.796. The van der Waals surface area contributed by atoms with E-state index in [1.165, 1.54) is 0 Å². The number of carbonyl (C=O) groups is 1. The fourth-order valence-electron chi connectivity index (χ4n) is 2.24. The van der Waals surface area contributed by atoms with Gasteiger partial charge in [0.15, 0.2) is 0 Å². The van der Waals surface area contributed by atoms with Gasteiger partial charge in [0.2, 0.25) is 5.91 Å². The molecule has 4 heteroatoms. The lowest BCUT2D eigenvalue weighted by molar-refractivity contribution is -0.140. The van der Waals surface area contributed by atoms with Gasteiger partial charge in [-0.25, -0.2) is 5.48 Å². The van der Waals surface area contributed by atoms with Gasteiger partial charge < -0.3 is 5.32 Å². The molecule has 0 radical (unpaired) electrons. The Bertz CT molecular complexity index is 381. The van der Waals surface area contributed by atoms with Gasteiger partial charge in [-0.05, 0) is 31.9 Å². The monoisotopic (exact) mass is 248 g/mol. The van der Waals surface area contributed by atoms with Crippen molar-refractivity contribution in [1.82, 2.24) is 10.8 Å². The maximum Gasteiger partial charge on any atom is 0.248 e. The number of hydrogen-bond acceptors (Lipinski definition) is 3. The Morgan fingerprint density at radius 1 is 1.44 bits per heavy atom. The van der Waals surface area contributed by atoms with E-state index in [2.05, 4.69) is 10.8 Å². The predicted molar refractivity (Wildman–Crippen MR) is 69.6 cm³/mol. The SMILES string of the molecule is CC1NCCCC1C(=O)NOCc1ccccc1. The number of piperidine rings is 1. The van der Waals surface area contributed by atoms with Crippen molar-refractivity contribution in [3.8, 4) is 0 Å². The molecule has 0 aliphatic carbocycles. The second kappa shape index (κ2) is 6.52. The molecule has 2 N–H and O–H groups in total. The highest BCUT2D eigenvalue weighted by Gasteiger charge is 2.27. The van der Waals surface area contributed by atoms with Crippen molar-refractivity contribution in [2.45, 2.75) is 32.4 Å². The molecule has 1 amide bonds. The molecule has 1 fully saturated rings. The Balaban J connectivity index is 1.74. The molecule has 0 saturated carbocycles. The van der Waals surface area contributed by atoms with Gasteiger partial charge in [0.05, 0.1) is 12.5 Å². The number of rotatable bonds is 4. The lowest BCUT2D eigenvalue weighted by Crippen LogP contribution is -2.46. The first-order chi connectivity index (χ1) is 8.77. The van der Waals surface area contributed by atoms with Crippen LogP contribution >= 0.6 is 0 Å². The average molecular weight is 248 g/mol. The van der Waals surface area contributed by atoms with E-state index in [1.54, 1.807) is 0 Å². The van der Waals surface area contributed by atoms with Crippen molar-refractivity contribution in [2.24, 2.45) is 5.92 Å². The highest BCUT2D eigenvalue weighted by molar-refractivity contribution is 5.78. The summed E-state index contributed by atoms with van der Waals surface area (Å²) in [7, 11) is 0. The van der Waals surface area contributed by atoms with E-state index in [4.69, 9.17) is 4.84 Å². The van der Waals surface area contributed by atoms with Gasteiger partial charge in [-0.3, -0.25) is 9.63 Å². The van der Waals surface area contributed by atoms with Crippen LogP contribution in [0.1, 0.15) is 25.3 Å². The number of amides is 1. The number of hydroxylamine groups is 1. The third-order valence-corrected chi connectivity index (χ3v) is 3.35. The number of carbonyl (C=O) groups excluding carboxylic acids is 1. The largest absolute Gasteiger partial charge is 0.313 e. The molecule has 0 bridgehead atoms. The second-order valence-corrected chi connectivity index (χ2v) is 4.73. The number of nitrogens with one attached hydrogen (secondary N) is 2. The summed E-state index contributed by atoms with van der Waals surface area (Å²) in [5.41, 5.74) is 3.60. The van der Waals surface area contributed by atoms with Crippen molar-refractivity contribution in [3.63, 3.8) is 0 Å². The van der Waals surface area contributed by atoms with Crippen LogP contribution in [-0.4, -0.2) is 18.5 Å². The molecule has 1 aromatic rings. The Kier molecular flexibility index (Phi) is 4.73. The molecule has 1 aliphatic rings.